The van der Waals surface area contributed by atoms with Crippen LogP contribution >= 0.6 is 0 Å². The highest BCUT2D eigenvalue weighted by Gasteiger charge is 2.18. The summed E-state index contributed by atoms with van der Waals surface area (Å²) in [6, 6.07) is 5.50. The lowest BCUT2D eigenvalue weighted by Crippen LogP contribution is -2.36. The van der Waals surface area contributed by atoms with Gasteiger partial charge in [-0.3, -0.25) is 14.3 Å². The van der Waals surface area contributed by atoms with Gasteiger partial charge in [0.25, 0.3) is 5.56 Å². The molecule has 7 nitrogen and oxygen atoms in total. The van der Waals surface area contributed by atoms with E-state index in [4.69, 9.17) is 14.2 Å². The van der Waals surface area contributed by atoms with Crippen LogP contribution in [-0.4, -0.2) is 30.4 Å². The molecule has 7 heteroatoms. The molecular weight excluding hydrogens is 336 g/mol. The predicted octanol–water partition coefficient (Wildman–Crippen LogP) is 2.26. The molecule has 0 amide bonds. The summed E-state index contributed by atoms with van der Waals surface area (Å²) in [5.74, 6) is 1.25. The predicted molar refractivity (Wildman–Crippen MR) is 99.4 cm³/mol. The van der Waals surface area contributed by atoms with Gasteiger partial charge < -0.3 is 14.2 Å². The van der Waals surface area contributed by atoms with Gasteiger partial charge in [-0.05, 0) is 30.5 Å². The Morgan fingerprint density at radius 1 is 1.08 bits per heavy atom. The van der Waals surface area contributed by atoms with Crippen molar-refractivity contribution >= 4 is 0 Å². The molecule has 1 aromatic carbocycles. The first kappa shape index (κ1) is 19.8. The number of hydrogen-bond donors (Lipinski definition) is 1. The zero-order valence-electron chi connectivity index (χ0n) is 15.9. The third-order valence-corrected chi connectivity index (χ3v) is 4.13. The second-order valence-electron chi connectivity index (χ2n) is 6.22. The molecule has 26 heavy (non-hydrogen) atoms. The third-order valence-electron chi connectivity index (χ3n) is 4.13. The topological polar surface area (TPSA) is 82.6 Å². The maximum atomic E-state index is 12.4. The average Bonchev–Trinajstić information content (AvgIpc) is 2.60. The molecule has 0 spiro atoms. The highest BCUT2D eigenvalue weighted by molar-refractivity contribution is 5.41. The van der Waals surface area contributed by atoms with E-state index in [-0.39, 0.29) is 18.2 Å². The molecular formula is C19H26N2O5. The van der Waals surface area contributed by atoms with E-state index in [1.54, 1.807) is 20.3 Å². The van der Waals surface area contributed by atoms with Crippen LogP contribution in [-0.2, 0) is 17.9 Å². The van der Waals surface area contributed by atoms with E-state index in [9.17, 15) is 9.59 Å². The standard InChI is InChI=1S/C19H26N2O5/c1-6-26-11-21-16(17(12(2)3)18(22)20-19(21)23)9-13-7-14(24-4)10-15(8-13)25-5/h7-8,10,12H,6,9,11H2,1-5H3,(H,20,22,23). The van der Waals surface area contributed by atoms with Gasteiger partial charge in [-0.2, -0.15) is 0 Å². The molecule has 142 valence electrons. The molecule has 1 heterocycles. The largest absolute Gasteiger partial charge is 0.497 e. The summed E-state index contributed by atoms with van der Waals surface area (Å²) in [6.07, 6.45) is 0.382. The molecule has 0 bridgehead atoms. The second kappa shape index (κ2) is 8.71. The number of rotatable bonds is 8. The van der Waals surface area contributed by atoms with Gasteiger partial charge in [0.1, 0.15) is 18.2 Å². The van der Waals surface area contributed by atoms with E-state index in [2.05, 4.69) is 4.98 Å². The van der Waals surface area contributed by atoms with Crippen LogP contribution in [0.25, 0.3) is 0 Å². The Morgan fingerprint density at radius 3 is 2.19 bits per heavy atom. The summed E-state index contributed by atoms with van der Waals surface area (Å²) in [7, 11) is 3.16. The molecule has 0 fully saturated rings. The first-order valence-corrected chi connectivity index (χ1v) is 8.56. The van der Waals surface area contributed by atoms with E-state index in [1.165, 1.54) is 4.57 Å². The third kappa shape index (κ3) is 4.35. The Bertz CT molecular complexity index is 845. The fraction of sp³-hybridized carbons (Fsp3) is 0.474. The van der Waals surface area contributed by atoms with E-state index in [0.29, 0.717) is 35.8 Å². The van der Waals surface area contributed by atoms with Gasteiger partial charge in [0.05, 0.1) is 14.2 Å². The van der Waals surface area contributed by atoms with Crippen LogP contribution in [0.4, 0.5) is 0 Å². The number of H-pyrrole nitrogens is 1. The quantitative estimate of drug-likeness (QED) is 0.779. The minimum atomic E-state index is -0.474. The Hall–Kier alpha value is -2.54. The second-order valence-corrected chi connectivity index (χ2v) is 6.22. The summed E-state index contributed by atoms with van der Waals surface area (Å²) in [4.78, 5) is 27.2. The normalized spacial score (nSPS) is 11.0. The van der Waals surface area contributed by atoms with Crippen molar-refractivity contribution in [1.29, 1.82) is 0 Å². The van der Waals surface area contributed by atoms with Gasteiger partial charge in [-0.25, -0.2) is 4.79 Å². The van der Waals surface area contributed by atoms with E-state index >= 15 is 0 Å². The molecule has 0 radical (unpaired) electrons. The monoisotopic (exact) mass is 362 g/mol. The van der Waals surface area contributed by atoms with Crippen molar-refractivity contribution in [3.8, 4) is 11.5 Å². The Morgan fingerprint density at radius 2 is 1.69 bits per heavy atom. The molecule has 1 N–H and O–H groups in total. The molecule has 0 aliphatic rings. The van der Waals surface area contributed by atoms with Crippen LogP contribution in [0.1, 0.15) is 43.5 Å². The molecule has 0 saturated carbocycles. The molecule has 0 atom stereocenters. The molecule has 2 rings (SSSR count). The number of benzene rings is 1. The van der Waals surface area contributed by atoms with Crippen LogP contribution < -0.4 is 20.7 Å². The zero-order chi connectivity index (χ0) is 19.3. The number of methoxy groups -OCH3 is 2. The molecule has 2 aromatic rings. The maximum Gasteiger partial charge on any atom is 0.330 e. The van der Waals surface area contributed by atoms with Crippen molar-refractivity contribution in [2.75, 3.05) is 20.8 Å². The lowest BCUT2D eigenvalue weighted by atomic mass is 9.98. The number of aromatic amines is 1. The van der Waals surface area contributed by atoms with Crippen molar-refractivity contribution in [1.82, 2.24) is 9.55 Å². The minimum Gasteiger partial charge on any atom is -0.497 e. The van der Waals surface area contributed by atoms with Gasteiger partial charge in [-0.15, -0.1) is 0 Å². The van der Waals surface area contributed by atoms with Crippen LogP contribution in [0.5, 0.6) is 11.5 Å². The van der Waals surface area contributed by atoms with Crippen molar-refractivity contribution in [2.45, 2.75) is 39.8 Å². The van der Waals surface area contributed by atoms with Crippen LogP contribution in [0.3, 0.4) is 0 Å². The molecule has 0 aliphatic carbocycles. The molecule has 0 aliphatic heterocycles. The fourth-order valence-corrected chi connectivity index (χ4v) is 2.90. The first-order valence-electron chi connectivity index (χ1n) is 8.56. The van der Waals surface area contributed by atoms with Gasteiger partial charge in [0, 0.05) is 30.4 Å². The number of aromatic nitrogens is 2. The number of nitrogens with zero attached hydrogens (tertiary/aromatic N) is 1. The van der Waals surface area contributed by atoms with E-state index in [1.807, 2.05) is 32.9 Å². The molecule has 0 unspecified atom stereocenters. The van der Waals surface area contributed by atoms with Crippen LogP contribution in [0, 0.1) is 0 Å². The Balaban J connectivity index is 2.63. The molecule has 0 saturated heterocycles. The van der Waals surface area contributed by atoms with Gasteiger partial charge in [-0.1, -0.05) is 13.8 Å². The number of nitrogens with one attached hydrogen (secondary N) is 1. The summed E-state index contributed by atoms with van der Waals surface area (Å²) in [6.45, 7) is 6.26. The lowest BCUT2D eigenvalue weighted by Gasteiger charge is -2.18. The van der Waals surface area contributed by atoms with E-state index < -0.39 is 5.69 Å². The highest BCUT2D eigenvalue weighted by Crippen LogP contribution is 2.25. The first-order chi connectivity index (χ1) is 12.4. The smallest absolute Gasteiger partial charge is 0.330 e. The van der Waals surface area contributed by atoms with Gasteiger partial charge in [0.15, 0.2) is 0 Å². The Kier molecular flexibility index (Phi) is 6.63. The van der Waals surface area contributed by atoms with Gasteiger partial charge >= 0.3 is 5.69 Å². The number of hydrogen-bond acceptors (Lipinski definition) is 5. The highest BCUT2D eigenvalue weighted by atomic mass is 16.5. The summed E-state index contributed by atoms with van der Waals surface area (Å²) in [5.41, 5.74) is 1.25. The zero-order valence-corrected chi connectivity index (χ0v) is 15.9. The number of ether oxygens (including phenoxy) is 3. The van der Waals surface area contributed by atoms with Crippen molar-refractivity contribution in [3.63, 3.8) is 0 Å². The summed E-state index contributed by atoms with van der Waals surface area (Å²) in [5, 5.41) is 0. The lowest BCUT2D eigenvalue weighted by molar-refractivity contribution is 0.0821. The summed E-state index contributed by atoms with van der Waals surface area (Å²) >= 11 is 0. The average molecular weight is 362 g/mol. The van der Waals surface area contributed by atoms with Crippen molar-refractivity contribution in [3.05, 3.63) is 55.9 Å². The molecule has 1 aromatic heterocycles. The van der Waals surface area contributed by atoms with Crippen molar-refractivity contribution < 1.29 is 14.2 Å². The van der Waals surface area contributed by atoms with Crippen molar-refractivity contribution in [2.24, 2.45) is 0 Å². The van der Waals surface area contributed by atoms with Crippen LogP contribution in [0.15, 0.2) is 27.8 Å². The maximum absolute atomic E-state index is 12.4. The van der Waals surface area contributed by atoms with Gasteiger partial charge in [0.2, 0.25) is 0 Å². The Labute approximate surface area is 152 Å². The van der Waals surface area contributed by atoms with Crippen LogP contribution in [0.2, 0.25) is 0 Å². The SMILES string of the molecule is CCOCn1c(Cc2cc(OC)cc(OC)c2)c(C(C)C)c(=O)[nH]c1=O. The fourth-order valence-electron chi connectivity index (χ4n) is 2.90. The minimum absolute atomic E-state index is 0.0465. The summed E-state index contributed by atoms with van der Waals surface area (Å²) < 4.78 is 17.5. The van der Waals surface area contributed by atoms with E-state index in [0.717, 1.165) is 5.56 Å².